The normalized spacial score (nSPS) is 12.7. The van der Waals surface area contributed by atoms with E-state index in [2.05, 4.69) is 62.4 Å². The number of hydrogen-bond donors (Lipinski definition) is 1. The zero-order valence-electron chi connectivity index (χ0n) is 12.1. The maximum absolute atomic E-state index is 5.70. The lowest BCUT2D eigenvalue weighted by atomic mass is 10.1. The van der Waals surface area contributed by atoms with Gasteiger partial charge in [-0.1, -0.05) is 19.1 Å². The van der Waals surface area contributed by atoms with Crippen molar-refractivity contribution < 1.29 is 4.74 Å². The van der Waals surface area contributed by atoms with Crippen LogP contribution in [0.2, 0.25) is 0 Å². The molecule has 1 atom stereocenters. The molecule has 102 valence electrons. The fourth-order valence-corrected chi connectivity index (χ4v) is 1.85. The summed E-state index contributed by atoms with van der Waals surface area (Å²) in [6.07, 6.45) is 1.06. The summed E-state index contributed by atoms with van der Waals surface area (Å²) in [6.45, 7) is 7.13. The highest BCUT2D eigenvalue weighted by Crippen LogP contribution is 2.17. The first-order chi connectivity index (χ1) is 8.63. The van der Waals surface area contributed by atoms with Crippen molar-refractivity contribution in [2.24, 2.45) is 0 Å². The molecule has 1 rings (SSSR count). The van der Waals surface area contributed by atoms with Crippen LogP contribution in [0.1, 0.15) is 31.9 Å². The lowest BCUT2D eigenvalue weighted by Gasteiger charge is -2.14. The molecular formula is C15H26N2O. The summed E-state index contributed by atoms with van der Waals surface area (Å²) in [7, 11) is 4.16. The minimum Gasteiger partial charge on any atom is -0.494 e. The van der Waals surface area contributed by atoms with Gasteiger partial charge >= 0.3 is 0 Å². The molecule has 0 heterocycles. The second kappa shape index (κ2) is 8.11. The second-order valence-corrected chi connectivity index (χ2v) is 4.85. The highest BCUT2D eigenvalue weighted by atomic mass is 16.5. The smallest absolute Gasteiger partial charge is 0.119 e. The molecule has 1 N–H and O–H groups in total. The number of ether oxygens (including phenoxy) is 1. The molecule has 0 amide bonds. The molecule has 0 bridgehead atoms. The zero-order chi connectivity index (χ0) is 13.4. The van der Waals surface area contributed by atoms with Crippen molar-refractivity contribution in [1.82, 2.24) is 10.2 Å². The monoisotopic (exact) mass is 250 g/mol. The van der Waals surface area contributed by atoms with E-state index in [4.69, 9.17) is 4.74 Å². The van der Waals surface area contributed by atoms with Gasteiger partial charge in [0.15, 0.2) is 0 Å². The van der Waals surface area contributed by atoms with Crippen LogP contribution in [0.5, 0.6) is 5.75 Å². The topological polar surface area (TPSA) is 24.5 Å². The van der Waals surface area contributed by atoms with E-state index < -0.39 is 0 Å². The highest BCUT2D eigenvalue weighted by molar-refractivity contribution is 5.28. The third kappa shape index (κ3) is 5.52. The zero-order valence-corrected chi connectivity index (χ0v) is 12.1. The van der Waals surface area contributed by atoms with Crippen LogP contribution >= 0.6 is 0 Å². The van der Waals surface area contributed by atoms with E-state index in [9.17, 15) is 0 Å². The Hall–Kier alpha value is -1.06. The molecule has 18 heavy (non-hydrogen) atoms. The Balaban J connectivity index is 2.36. The third-order valence-electron chi connectivity index (χ3n) is 2.91. The number of hydrogen-bond acceptors (Lipinski definition) is 3. The largest absolute Gasteiger partial charge is 0.494 e. The summed E-state index contributed by atoms with van der Waals surface area (Å²) in [5, 5.41) is 3.40. The molecule has 0 saturated heterocycles. The Morgan fingerprint density at radius 3 is 2.44 bits per heavy atom. The molecule has 3 heteroatoms. The van der Waals surface area contributed by atoms with Gasteiger partial charge in [0.2, 0.25) is 0 Å². The van der Waals surface area contributed by atoms with Gasteiger partial charge in [0, 0.05) is 12.6 Å². The van der Waals surface area contributed by atoms with E-state index in [1.165, 1.54) is 5.56 Å². The van der Waals surface area contributed by atoms with E-state index in [0.29, 0.717) is 6.04 Å². The Morgan fingerprint density at radius 1 is 1.22 bits per heavy atom. The minimum absolute atomic E-state index is 0.401. The standard InChI is InChI=1S/C15H26N2O/c1-5-16-13(2)14-7-9-15(10-8-14)18-12-6-11-17(3)4/h7-10,13,16H,5-6,11-12H2,1-4H3. The van der Waals surface area contributed by atoms with Gasteiger partial charge in [-0.2, -0.15) is 0 Å². The molecule has 1 aromatic carbocycles. The average Bonchev–Trinajstić information content (AvgIpc) is 2.35. The van der Waals surface area contributed by atoms with Crippen molar-refractivity contribution in [3.8, 4) is 5.75 Å². The summed E-state index contributed by atoms with van der Waals surface area (Å²) in [4.78, 5) is 2.17. The molecule has 0 aromatic heterocycles. The van der Waals surface area contributed by atoms with Gasteiger partial charge in [0.1, 0.15) is 5.75 Å². The van der Waals surface area contributed by atoms with Crippen LogP contribution < -0.4 is 10.1 Å². The number of nitrogens with one attached hydrogen (secondary N) is 1. The van der Waals surface area contributed by atoms with Gasteiger partial charge in [-0.05, 0) is 51.7 Å². The maximum atomic E-state index is 5.70. The van der Waals surface area contributed by atoms with Crippen LogP contribution in [0, 0.1) is 0 Å². The maximum Gasteiger partial charge on any atom is 0.119 e. The lowest BCUT2D eigenvalue weighted by Crippen LogP contribution is -2.17. The van der Waals surface area contributed by atoms with E-state index in [1.807, 2.05) is 0 Å². The number of rotatable bonds is 8. The molecule has 0 aliphatic rings. The van der Waals surface area contributed by atoms with E-state index in [-0.39, 0.29) is 0 Å². The van der Waals surface area contributed by atoms with E-state index in [0.717, 1.165) is 31.9 Å². The van der Waals surface area contributed by atoms with E-state index >= 15 is 0 Å². The minimum atomic E-state index is 0.401. The molecule has 3 nitrogen and oxygen atoms in total. The predicted octanol–water partition coefficient (Wildman–Crippen LogP) is 2.69. The first-order valence-corrected chi connectivity index (χ1v) is 6.74. The molecular weight excluding hydrogens is 224 g/mol. The van der Waals surface area contributed by atoms with Gasteiger partial charge in [0.25, 0.3) is 0 Å². The fourth-order valence-electron chi connectivity index (χ4n) is 1.85. The molecule has 1 aromatic rings. The Kier molecular flexibility index (Phi) is 6.76. The van der Waals surface area contributed by atoms with Crippen LogP contribution in [0.25, 0.3) is 0 Å². The summed E-state index contributed by atoms with van der Waals surface area (Å²) in [6, 6.07) is 8.78. The first kappa shape index (κ1) is 15.0. The fraction of sp³-hybridized carbons (Fsp3) is 0.600. The van der Waals surface area contributed by atoms with Crippen molar-refractivity contribution in [1.29, 1.82) is 0 Å². The predicted molar refractivity (Wildman–Crippen MR) is 77.2 cm³/mol. The second-order valence-electron chi connectivity index (χ2n) is 4.85. The van der Waals surface area contributed by atoms with Crippen LogP contribution in [-0.4, -0.2) is 38.7 Å². The molecule has 1 unspecified atom stereocenters. The molecule has 0 saturated carbocycles. The van der Waals surface area contributed by atoms with Gasteiger partial charge in [-0.3, -0.25) is 0 Å². The number of benzene rings is 1. The van der Waals surface area contributed by atoms with Gasteiger partial charge < -0.3 is 15.0 Å². The summed E-state index contributed by atoms with van der Waals surface area (Å²) in [5.74, 6) is 0.959. The SMILES string of the molecule is CCNC(C)c1ccc(OCCCN(C)C)cc1. The third-order valence-corrected chi connectivity index (χ3v) is 2.91. The quantitative estimate of drug-likeness (QED) is 0.718. The summed E-state index contributed by atoms with van der Waals surface area (Å²) < 4.78 is 5.70. The average molecular weight is 250 g/mol. The molecule has 0 aliphatic carbocycles. The van der Waals surface area contributed by atoms with Crippen LogP contribution in [-0.2, 0) is 0 Å². The van der Waals surface area contributed by atoms with Crippen molar-refractivity contribution in [3.05, 3.63) is 29.8 Å². The number of nitrogens with zero attached hydrogens (tertiary/aromatic N) is 1. The molecule has 0 radical (unpaired) electrons. The first-order valence-electron chi connectivity index (χ1n) is 6.74. The summed E-state index contributed by atoms with van der Waals surface area (Å²) >= 11 is 0. The Labute approximate surface area is 111 Å². The lowest BCUT2D eigenvalue weighted by molar-refractivity contribution is 0.281. The highest BCUT2D eigenvalue weighted by Gasteiger charge is 2.03. The van der Waals surface area contributed by atoms with Gasteiger partial charge in [-0.25, -0.2) is 0 Å². The van der Waals surface area contributed by atoms with E-state index in [1.54, 1.807) is 0 Å². The van der Waals surface area contributed by atoms with Crippen LogP contribution in [0.4, 0.5) is 0 Å². The van der Waals surface area contributed by atoms with Crippen LogP contribution in [0.15, 0.2) is 24.3 Å². The molecule has 0 spiro atoms. The van der Waals surface area contributed by atoms with Crippen molar-refractivity contribution in [2.45, 2.75) is 26.3 Å². The molecule has 0 aliphatic heterocycles. The van der Waals surface area contributed by atoms with Crippen LogP contribution in [0.3, 0.4) is 0 Å². The molecule has 0 fully saturated rings. The van der Waals surface area contributed by atoms with Gasteiger partial charge in [-0.15, -0.1) is 0 Å². The Morgan fingerprint density at radius 2 is 1.89 bits per heavy atom. The summed E-state index contributed by atoms with van der Waals surface area (Å²) in [5.41, 5.74) is 1.30. The van der Waals surface area contributed by atoms with Crippen molar-refractivity contribution in [2.75, 3.05) is 33.8 Å². The van der Waals surface area contributed by atoms with Crippen molar-refractivity contribution in [3.63, 3.8) is 0 Å². The van der Waals surface area contributed by atoms with Gasteiger partial charge in [0.05, 0.1) is 6.61 Å². The van der Waals surface area contributed by atoms with Crippen molar-refractivity contribution >= 4 is 0 Å². The Bertz CT molecular complexity index is 322.